The van der Waals surface area contributed by atoms with Crippen molar-refractivity contribution in [1.82, 2.24) is 20.1 Å². The van der Waals surface area contributed by atoms with Gasteiger partial charge in [-0.05, 0) is 26.0 Å². The van der Waals surface area contributed by atoms with E-state index in [9.17, 15) is 4.79 Å². The maximum absolute atomic E-state index is 12.1. The van der Waals surface area contributed by atoms with Crippen molar-refractivity contribution in [3.8, 4) is 5.69 Å². The summed E-state index contributed by atoms with van der Waals surface area (Å²) in [6.07, 6.45) is 3.39. The van der Waals surface area contributed by atoms with Gasteiger partial charge < -0.3 is 10.6 Å². The first kappa shape index (κ1) is 15.2. The fourth-order valence-corrected chi connectivity index (χ4v) is 2.83. The van der Waals surface area contributed by atoms with Gasteiger partial charge in [0.25, 0.3) is 0 Å². The molecular weight excluding hydrogens is 310 g/mol. The number of benzene rings is 1. The summed E-state index contributed by atoms with van der Waals surface area (Å²) in [5, 5.41) is 12.8. The van der Waals surface area contributed by atoms with Gasteiger partial charge in [0.05, 0.1) is 40.5 Å². The van der Waals surface area contributed by atoms with Gasteiger partial charge in [0.2, 0.25) is 0 Å². The van der Waals surface area contributed by atoms with Crippen LogP contribution in [0.1, 0.15) is 23.7 Å². The van der Waals surface area contributed by atoms with E-state index in [0.717, 1.165) is 16.4 Å². The minimum atomic E-state index is -0.282. The molecule has 0 fully saturated rings. The summed E-state index contributed by atoms with van der Waals surface area (Å²) in [4.78, 5) is 16.4. The van der Waals surface area contributed by atoms with Crippen LogP contribution in [0, 0.1) is 6.92 Å². The van der Waals surface area contributed by atoms with Gasteiger partial charge in [-0.2, -0.15) is 5.10 Å². The Morgan fingerprint density at radius 3 is 2.78 bits per heavy atom. The first-order valence-corrected chi connectivity index (χ1v) is 8.09. The zero-order valence-electron chi connectivity index (χ0n) is 12.9. The van der Waals surface area contributed by atoms with Crippen molar-refractivity contribution in [2.24, 2.45) is 0 Å². The number of hydrogen-bond donors (Lipinski definition) is 2. The zero-order valence-corrected chi connectivity index (χ0v) is 13.7. The number of anilines is 1. The van der Waals surface area contributed by atoms with Crippen LogP contribution in [0.25, 0.3) is 5.69 Å². The van der Waals surface area contributed by atoms with Crippen molar-refractivity contribution in [3.05, 3.63) is 58.8 Å². The molecule has 2 aromatic heterocycles. The highest BCUT2D eigenvalue weighted by Crippen LogP contribution is 2.16. The largest absolute Gasteiger partial charge is 0.330 e. The third-order valence-electron chi connectivity index (χ3n) is 3.29. The van der Waals surface area contributed by atoms with E-state index in [2.05, 4.69) is 20.7 Å². The molecule has 0 bridgehead atoms. The van der Waals surface area contributed by atoms with Crippen LogP contribution >= 0.6 is 11.3 Å². The highest BCUT2D eigenvalue weighted by atomic mass is 32.1. The molecule has 0 aliphatic carbocycles. The molecule has 7 heteroatoms. The molecule has 6 nitrogen and oxygen atoms in total. The number of amides is 2. The van der Waals surface area contributed by atoms with Crippen molar-refractivity contribution in [3.63, 3.8) is 0 Å². The number of para-hydroxylation sites is 1. The number of nitrogens with zero attached hydrogens (tertiary/aromatic N) is 3. The Kier molecular flexibility index (Phi) is 4.38. The Bertz CT molecular complexity index is 796. The minimum absolute atomic E-state index is 0.149. The molecule has 1 atom stereocenters. The van der Waals surface area contributed by atoms with Gasteiger partial charge >= 0.3 is 6.03 Å². The number of nitrogens with one attached hydrogen (secondary N) is 2. The molecule has 0 saturated heterocycles. The number of aryl methyl sites for hydroxylation is 1. The number of carbonyl (C=O) groups excluding carboxylic acids is 1. The molecule has 0 spiro atoms. The number of thiazole rings is 1. The first-order valence-electron chi connectivity index (χ1n) is 7.21. The van der Waals surface area contributed by atoms with Crippen molar-refractivity contribution < 1.29 is 4.79 Å². The van der Waals surface area contributed by atoms with Crippen LogP contribution in [0.4, 0.5) is 10.5 Å². The van der Waals surface area contributed by atoms with Crippen LogP contribution in [-0.4, -0.2) is 20.8 Å². The SMILES string of the molecule is Cc1nc(C(C)NC(=O)Nc2cnn(-c3ccccc3)c2)cs1. The topological polar surface area (TPSA) is 71.8 Å². The van der Waals surface area contributed by atoms with Gasteiger partial charge in [-0.25, -0.2) is 14.5 Å². The highest BCUT2D eigenvalue weighted by Gasteiger charge is 2.12. The maximum Gasteiger partial charge on any atom is 0.319 e. The number of hydrogen-bond acceptors (Lipinski definition) is 4. The van der Waals surface area contributed by atoms with Gasteiger partial charge in [-0.3, -0.25) is 0 Å². The van der Waals surface area contributed by atoms with E-state index in [1.54, 1.807) is 28.4 Å². The van der Waals surface area contributed by atoms with Crippen LogP contribution in [0.3, 0.4) is 0 Å². The van der Waals surface area contributed by atoms with E-state index in [-0.39, 0.29) is 12.1 Å². The van der Waals surface area contributed by atoms with Gasteiger partial charge in [-0.1, -0.05) is 18.2 Å². The van der Waals surface area contributed by atoms with E-state index in [1.165, 1.54) is 0 Å². The summed E-state index contributed by atoms with van der Waals surface area (Å²) in [5.74, 6) is 0. The zero-order chi connectivity index (χ0) is 16.2. The monoisotopic (exact) mass is 327 g/mol. The lowest BCUT2D eigenvalue weighted by Crippen LogP contribution is -2.31. The maximum atomic E-state index is 12.1. The van der Waals surface area contributed by atoms with Crippen LogP contribution in [0.15, 0.2) is 48.1 Å². The number of carbonyl (C=O) groups is 1. The molecule has 1 aromatic carbocycles. The second-order valence-electron chi connectivity index (χ2n) is 5.12. The number of rotatable bonds is 4. The predicted octanol–water partition coefficient (Wildman–Crippen LogP) is 3.52. The Morgan fingerprint density at radius 2 is 2.09 bits per heavy atom. The molecule has 0 radical (unpaired) electrons. The molecule has 118 valence electrons. The molecule has 1 unspecified atom stereocenters. The van der Waals surface area contributed by atoms with Crippen molar-refractivity contribution in [2.75, 3.05) is 5.32 Å². The summed E-state index contributed by atoms with van der Waals surface area (Å²) in [5.41, 5.74) is 2.43. The third kappa shape index (κ3) is 3.75. The normalized spacial score (nSPS) is 11.9. The molecule has 2 amide bonds. The molecule has 3 aromatic rings. The number of urea groups is 1. The fourth-order valence-electron chi connectivity index (χ4n) is 2.13. The van der Waals surface area contributed by atoms with Crippen molar-refractivity contribution in [1.29, 1.82) is 0 Å². The molecule has 0 saturated carbocycles. The lowest BCUT2D eigenvalue weighted by atomic mass is 10.3. The van der Waals surface area contributed by atoms with Gasteiger partial charge in [0.1, 0.15) is 0 Å². The molecule has 3 rings (SSSR count). The average Bonchev–Trinajstić information content (AvgIpc) is 3.17. The standard InChI is InChI=1S/C16H17N5OS/c1-11(15-10-23-12(2)19-15)18-16(22)20-13-8-17-21(9-13)14-6-4-3-5-7-14/h3-11H,1-2H3,(H2,18,20,22). The summed E-state index contributed by atoms with van der Waals surface area (Å²) in [6, 6.07) is 9.29. The van der Waals surface area contributed by atoms with E-state index in [4.69, 9.17) is 0 Å². The van der Waals surface area contributed by atoms with Gasteiger partial charge in [0.15, 0.2) is 0 Å². The Labute approximate surface area is 138 Å². The van der Waals surface area contributed by atoms with E-state index in [1.807, 2.05) is 49.6 Å². The lowest BCUT2D eigenvalue weighted by Gasteiger charge is -2.11. The van der Waals surface area contributed by atoms with Gasteiger partial charge in [0, 0.05) is 5.38 Å². The lowest BCUT2D eigenvalue weighted by molar-refractivity contribution is 0.249. The quantitative estimate of drug-likeness (QED) is 0.770. The van der Waals surface area contributed by atoms with Gasteiger partial charge in [-0.15, -0.1) is 11.3 Å². The second kappa shape index (κ2) is 6.62. The molecule has 0 aliphatic heterocycles. The predicted molar refractivity (Wildman–Crippen MR) is 91.0 cm³/mol. The highest BCUT2D eigenvalue weighted by molar-refractivity contribution is 7.09. The molecule has 0 aliphatic rings. The number of aromatic nitrogens is 3. The first-order chi connectivity index (χ1) is 11.1. The fraction of sp³-hybridized carbons (Fsp3) is 0.188. The molecule has 2 N–H and O–H groups in total. The summed E-state index contributed by atoms with van der Waals surface area (Å²) in [7, 11) is 0. The van der Waals surface area contributed by atoms with Crippen molar-refractivity contribution in [2.45, 2.75) is 19.9 Å². The second-order valence-corrected chi connectivity index (χ2v) is 6.18. The molecule has 23 heavy (non-hydrogen) atoms. The third-order valence-corrected chi connectivity index (χ3v) is 4.08. The van der Waals surface area contributed by atoms with Crippen LogP contribution in [0.2, 0.25) is 0 Å². The molecule has 2 heterocycles. The van der Waals surface area contributed by atoms with E-state index in [0.29, 0.717) is 5.69 Å². The Hall–Kier alpha value is -2.67. The van der Waals surface area contributed by atoms with E-state index >= 15 is 0 Å². The van der Waals surface area contributed by atoms with Crippen molar-refractivity contribution >= 4 is 23.1 Å². The summed E-state index contributed by atoms with van der Waals surface area (Å²) >= 11 is 1.57. The summed E-state index contributed by atoms with van der Waals surface area (Å²) in [6.45, 7) is 3.85. The van der Waals surface area contributed by atoms with E-state index < -0.39 is 0 Å². The van der Waals surface area contributed by atoms with Crippen LogP contribution < -0.4 is 10.6 Å². The van der Waals surface area contributed by atoms with Crippen LogP contribution in [-0.2, 0) is 0 Å². The Balaban J connectivity index is 1.61. The van der Waals surface area contributed by atoms with Crippen LogP contribution in [0.5, 0.6) is 0 Å². The smallest absolute Gasteiger partial charge is 0.319 e. The molecular formula is C16H17N5OS. The summed E-state index contributed by atoms with van der Waals surface area (Å²) < 4.78 is 1.71. The Morgan fingerprint density at radius 1 is 1.30 bits per heavy atom. The minimum Gasteiger partial charge on any atom is -0.330 e. The average molecular weight is 327 g/mol.